The smallest absolute Gasteiger partial charge is 0.326 e. The summed E-state index contributed by atoms with van der Waals surface area (Å²) in [5, 5.41) is 18.1. The highest BCUT2D eigenvalue weighted by atomic mass is 16.4. The third-order valence-corrected chi connectivity index (χ3v) is 6.05. The highest BCUT2D eigenvalue weighted by molar-refractivity contribution is 5.95. The number of aromatic nitrogens is 3. The van der Waals surface area contributed by atoms with E-state index in [4.69, 9.17) is 11.5 Å². The van der Waals surface area contributed by atoms with E-state index >= 15 is 0 Å². The first-order valence-electron chi connectivity index (χ1n) is 12.2. The topological polar surface area (TPSA) is 238 Å². The molecule has 0 aliphatic rings. The second kappa shape index (κ2) is 13.2. The molecule has 0 bridgehead atoms. The van der Waals surface area contributed by atoms with Crippen molar-refractivity contribution < 1.29 is 29.1 Å². The van der Waals surface area contributed by atoms with E-state index in [-0.39, 0.29) is 25.7 Å². The van der Waals surface area contributed by atoms with Crippen LogP contribution in [0.3, 0.4) is 0 Å². The van der Waals surface area contributed by atoms with Gasteiger partial charge in [-0.05, 0) is 25.0 Å². The summed E-state index contributed by atoms with van der Waals surface area (Å²) in [5.74, 6) is -4.11. The van der Waals surface area contributed by atoms with Crippen LogP contribution in [0.2, 0.25) is 0 Å². The first-order chi connectivity index (χ1) is 18.5. The normalized spacial score (nSPS) is 14.1. The summed E-state index contributed by atoms with van der Waals surface area (Å²) in [4.78, 5) is 71.9. The summed E-state index contributed by atoms with van der Waals surface area (Å²) < 4.78 is 0. The molecule has 2 heterocycles. The summed E-state index contributed by atoms with van der Waals surface area (Å²) in [6.45, 7) is 1.43. The molecular weight excluding hydrogens is 508 g/mol. The molecule has 0 saturated heterocycles. The van der Waals surface area contributed by atoms with Crippen molar-refractivity contribution in [2.75, 3.05) is 0 Å². The summed E-state index contributed by atoms with van der Waals surface area (Å²) in [5.41, 5.74) is 12.8. The van der Waals surface area contributed by atoms with Gasteiger partial charge in [-0.2, -0.15) is 0 Å². The van der Waals surface area contributed by atoms with Gasteiger partial charge in [0, 0.05) is 48.3 Å². The molecule has 1 aromatic carbocycles. The molecule has 39 heavy (non-hydrogen) atoms. The molecule has 0 radical (unpaired) electrons. The molecule has 4 amide bonds. The quantitative estimate of drug-likeness (QED) is 0.124. The van der Waals surface area contributed by atoms with Gasteiger partial charge in [0.15, 0.2) is 0 Å². The van der Waals surface area contributed by atoms with Crippen molar-refractivity contribution in [3.05, 3.63) is 54.2 Å². The number of rotatable bonds is 14. The Morgan fingerprint density at radius 1 is 0.949 bits per heavy atom. The van der Waals surface area contributed by atoms with Crippen LogP contribution in [0.15, 0.2) is 43.0 Å². The lowest BCUT2D eigenvalue weighted by molar-refractivity contribution is -0.142. The first-order valence-corrected chi connectivity index (χ1v) is 12.2. The van der Waals surface area contributed by atoms with Gasteiger partial charge in [0.2, 0.25) is 23.6 Å². The molecule has 4 unspecified atom stereocenters. The average molecular weight is 541 g/mol. The number of aliphatic carboxylic acids is 1. The minimum absolute atomic E-state index is 0.00175. The molecule has 208 valence electrons. The number of nitrogens with zero attached hydrogens (tertiary/aromatic N) is 1. The van der Waals surface area contributed by atoms with E-state index in [1.54, 1.807) is 6.20 Å². The number of carbonyl (C=O) groups is 5. The molecule has 0 aliphatic carbocycles. The lowest BCUT2D eigenvalue weighted by atomic mass is 10.0. The Kier molecular flexibility index (Phi) is 9.75. The zero-order valence-electron chi connectivity index (χ0n) is 21.3. The van der Waals surface area contributed by atoms with Gasteiger partial charge in [0.1, 0.15) is 18.1 Å². The Balaban J connectivity index is 1.86. The zero-order valence-corrected chi connectivity index (χ0v) is 21.3. The molecule has 0 aliphatic heterocycles. The number of carboxylic acid groups (broad SMARTS) is 1. The molecule has 4 atom stereocenters. The number of H-pyrrole nitrogens is 2. The first kappa shape index (κ1) is 28.8. The van der Waals surface area contributed by atoms with Gasteiger partial charge in [-0.15, -0.1) is 0 Å². The molecule has 3 rings (SSSR count). The van der Waals surface area contributed by atoms with Gasteiger partial charge in [-0.1, -0.05) is 18.2 Å². The van der Waals surface area contributed by atoms with E-state index in [1.807, 2.05) is 24.3 Å². The number of fused-ring (bicyclic) bond motifs is 1. The molecule has 0 fully saturated rings. The molecule has 2 aromatic heterocycles. The standard InChI is InChI=1S/C25H32N8O6/c1-13(26)22(35)31-18(6-7-21(27)34)23(36)32-19(8-14-10-29-17-5-3-2-4-16(14)17)24(37)33-20(25(38)39)9-15-11-28-12-30-15/h2-5,10-13,18-20,29H,6-9,26H2,1H3,(H2,27,34)(H,28,30)(H,31,35)(H,32,36)(H,33,37)(H,38,39). The highest BCUT2D eigenvalue weighted by Gasteiger charge is 2.31. The maximum absolute atomic E-state index is 13.4. The minimum Gasteiger partial charge on any atom is -0.480 e. The zero-order chi connectivity index (χ0) is 28.5. The molecule has 14 heteroatoms. The number of nitrogens with two attached hydrogens (primary N) is 2. The van der Waals surface area contributed by atoms with E-state index in [0.717, 1.165) is 10.9 Å². The van der Waals surface area contributed by atoms with E-state index in [0.29, 0.717) is 11.3 Å². The number of imidazole rings is 1. The number of amides is 4. The van der Waals surface area contributed by atoms with Crippen LogP contribution in [0.4, 0.5) is 0 Å². The van der Waals surface area contributed by atoms with Crippen LogP contribution >= 0.6 is 0 Å². The van der Waals surface area contributed by atoms with Gasteiger partial charge in [0.05, 0.1) is 12.4 Å². The number of primary amides is 1. The fourth-order valence-electron chi connectivity index (χ4n) is 3.95. The number of carbonyl (C=O) groups excluding carboxylic acids is 4. The van der Waals surface area contributed by atoms with Crippen LogP contribution in [0.1, 0.15) is 31.0 Å². The number of nitrogens with one attached hydrogen (secondary N) is 5. The van der Waals surface area contributed by atoms with Crippen molar-refractivity contribution in [3.8, 4) is 0 Å². The Morgan fingerprint density at radius 3 is 2.26 bits per heavy atom. The van der Waals surface area contributed by atoms with Crippen molar-refractivity contribution in [2.45, 2.75) is 56.8 Å². The molecule has 10 N–H and O–H groups in total. The summed E-state index contributed by atoms with van der Waals surface area (Å²) in [6.07, 6.45) is 4.12. The van der Waals surface area contributed by atoms with E-state index in [1.165, 1.54) is 19.4 Å². The van der Waals surface area contributed by atoms with Gasteiger partial charge >= 0.3 is 5.97 Å². The van der Waals surface area contributed by atoms with Gasteiger partial charge in [-0.3, -0.25) is 19.2 Å². The van der Waals surface area contributed by atoms with Gasteiger partial charge in [-0.25, -0.2) is 9.78 Å². The summed E-state index contributed by atoms with van der Waals surface area (Å²) in [7, 11) is 0. The van der Waals surface area contributed by atoms with E-state index < -0.39 is 53.8 Å². The summed E-state index contributed by atoms with van der Waals surface area (Å²) in [6, 6.07) is 2.66. The van der Waals surface area contributed by atoms with Crippen molar-refractivity contribution in [2.24, 2.45) is 11.5 Å². The Bertz CT molecular complexity index is 1320. The van der Waals surface area contributed by atoms with Crippen molar-refractivity contribution >= 4 is 40.5 Å². The maximum atomic E-state index is 13.4. The van der Waals surface area contributed by atoms with Crippen LogP contribution in [0, 0.1) is 0 Å². The van der Waals surface area contributed by atoms with Crippen molar-refractivity contribution in [1.29, 1.82) is 0 Å². The molecule has 14 nitrogen and oxygen atoms in total. The number of para-hydroxylation sites is 1. The van der Waals surface area contributed by atoms with E-state index in [9.17, 15) is 29.1 Å². The summed E-state index contributed by atoms with van der Waals surface area (Å²) >= 11 is 0. The molecule has 0 spiro atoms. The minimum atomic E-state index is -1.32. The number of aromatic amines is 2. The number of benzene rings is 1. The Hall–Kier alpha value is -4.72. The fraction of sp³-hybridized carbons (Fsp3) is 0.360. The third-order valence-electron chi connectivity index (χ3n) is 6.05. The molecule has 3 aromatic rings. The number of hydrogen-bond acceptors (Lipinski definition) is 7. The van der Waals surface area contributed by atoms with Crippen LogP contribution in [0.5, 0.6) is 0 Å². The Morgan fingerprint density at radius 2 is 1.62 bits per heavy atom. The molecule has 0 saturated carbocycles. The van der Waals surface area contributed by atoms with Crippen molar-refractivity contribution in [1.82, 2.24) is 30.9 Å². The number of carboxylic acids is 1. The van der Waals surface area contributed by atoms with Gasteiger partial charge in [0.25, 0.3) is 0 Å². The van der Waals surface area contributed by atoms with Gasteiger partial charge < -0.3 is 42.5 Å². The van der Waals surface area contributed by atoms with Crippen LogP contribution in [-0.2, 0) is 36.8 Å². The average Bonchev–Trinajstić information content (AvgIpc) is 3.55. The highest BCUT2D eigenvalue weighted by Crippen LogP contribution is 2.19. The Labute approximate surface area is 223 Å². The lowest BCUT2D eigenvalue weighted by Gasteiger charge is -2.25. The SMILES string of the molecule is CC(N)C(=O)NC(CCC(N)=O)C(=O)NC(Cc1c[nH]c2ccccc12)C(=O)NC(Cc1cnc[nH]1)C(=O)O. The predicted octanol–water partition coefficient (Wildman–Crippen LogP) is -1.17. The van der Waals surface area contributed by atoms with E-state index in [2.05, 4.69) is 30.9 Å². The number of hydrogen-bond donors (Lipinski definition) is 8. The second-order valence-electron chi connectivity index (χ2n) is 9.16. The van der Waals surface area contributed by atoms with Crippen LogP contribution in [-0.4, -0.2) is 73.8 Å². The fourth-order valence-corrected chi connectivity index (χ4v) is 3.95. The van der Waals surface area contributed by atoms with Crippen LogP contribution < -0.4 is 27.4 Å². The monoisotopic (exact) mass is 540 g/mol. The second-order valence-corrected chi connectivity index (χ2v) is 9.16. The largest absolute Gasteiger partial charge is 0.480 e. The molecular formula is C25H32N8O6. The lowest BCUT2D eigenvalue weighted by Crippen LogP contribution is -2.57. The predicted molar refractivity (Wildman–Crippen MR) is 140 cm³/mol. The van der Waals surface area contributed by atoms with Crippen LogP contribution in [0.25, 0.3) is 10.9 Å². The maximum Gasteiger partial charge on any atom is 0.326 e. The third kappa shape index (κ3) is 8.13. The van der Waals surface area contributed by atoms with Crippen molar-refractivity contribution in [3.63, 3.8) is 0 Å².